The van der Waals surface area contributed by atoms with Gasteiger partial charge in [-0.3, -0.25) is 4.79 Å². The van der Waals surface area contributed by atoms with Crippen LogP contribution in [0.25, 0.3) is 0 Å². The standard InChI is InChI=1S/C14H16N2O3/c1-3-10(9-15)13(17)16-12(14(18)19-2)11-7-5-4-6-8-11/h4-8,10,12H,3H2,1-2H3,(H,16,17)/t10-,12-/m1/s1. The molecule has 0 aliphatic rings. The molecule has 0 radical (unpaired) electrons. The van der Waals surface area contributed by atoms with E-state index in [1.165, 1.54) is 7.11 Å². The van der Waals surface area contributed by atoms with E-state index in [-0.39, 0.29) is 0 Å². The van der Waals surface area contributed by atoms with Crippen LogP contribution in [0.3, 0.4) is 0 Å². The molecular formula is C14H16N2O3. The number of esters is 1. The van der Waals surface area contributed by atoms with Gasteiger partial charge in [0.25, 0.3) is 0 Å². The number of hydrogen-bond donors (Lipinski definition) is 1. The van der Waals surface area contributed by atoms with E-state index in [0.29, 0.717) is 12.0 Å². The van der Waals surface area contributed by atoms with Crippen molar-refractivity contribution in [2.75, 3.05) is 7.11 Å². The minimum Gasteiger partial charge on any atom is -0.467 e. The Balaban J connectivity index is 2.92. The smallest absolute Gasteiger partial charge is 0.333 e. The molecule has 0 aromatic heterocycles. The first-order valence-corrected chi connectivity index (χ1v) is 5.96. The molecule has 2 atom stereocenters. The molecule has 100 valence electrons. The topological polar surface area (TPSA) is 79.2 Å². The Bertz CT molecular complexity index is 479. The number of carbonyl (C=O) groups excluding carboxylic acids is 2. The summed E-state index contributed by atoms with van der Waals surface area (Å²) < 4.78 is 4.68. The van der Waals surface area contributed by atoms with Crippen molar-refractivity contribution in [1.82, 2.24) is 5.32 Å². The number of nitrogens with zero attached hydrogens (tertiary/aromatic N) is 1. The minimum absolute atomic E-state index is 0.394. The van der Waals surface area contributed by atoms with E-state index in [1.54, 1.807) is 31.2 Å². The van der Waals surface area contributed by atoms with Crippen LogP contribution in [0, 0.1) is 17.2 Å². The second kappa shape index (κ2) is 7.17. The summed E-state index contributed by atoms with van der Waals surface area (Å²) in [5.74, 6) is -1.80. The van der Waals surface area contributed by atoms with Gasteiger partial charge in [-0.2, -0.15) is 5.26 Å². The molecule has 1 amide bonds. The van der Waals surface area contributed by atoms with Crippen LogP contribution in [0.5, 0.6) is 0 Å². The van der Waals surface area contributed by atoms with Gasteiger partial charge in [-0.05, 0) is 12.0 Å². The van der Waals surface area contributed by atoms with Crippen LogP contribution in [0.4, 0.5) is 0 Å². The van der Waals surface area contributed by atoms with E-state index in [9.17, 15) is 9.59 Å². The highest BCUT2D eigenvalue weighted by molar-refractivity contribution is 5.87. The summed E-state index contributed by atoms with van der Waals surface area (Å²) in [5.41, 5.74) is 0.621. The highest BCUT2D eigenvalue weighted by Gasteiger charge is 2.26. The summed E-state index contributed by atoms with van der Waals surface area (Å²) >= 11 is 0. The normalized spacial score (nSPS) is 12.9. The van der Waals surface area contributed by atoms with Crippen molar-refractivity contribution in [2.24, 2.45) is 5.92 Å². The zero-order valence-corrected chi connectivity index (χ0v) is 10.9. The number of carbonyl (C=O) groups is 2. The number of amides is 1. The summed E-state index contributed by atoms with van der Waals surface area (Å²) in [5, 5.41) is 11.4. The number of methoxy groups -OCH3 is 1. The summed E-state index contributed by atoms with van der Waals surface area (Å²) in [7, 11) is 1.26. The first-order valence-electron chi connectivity index (χ1n) is 5.96. The predicted octanol–water partition coefficient (Wildman–Crippen LogP) is 1.57. The van der Waals surface area contributed by atoms with Crippen LogP contribution in [-0.2, 0) is 14.3 Å². The Morgan fingerprint density at radius 3 is 2.47 bits per heavy atom. The molecular weight excluding hydrogens is 244 g/mol. The Hall–Kier alpha value is -2.35. The Kier molecular flexibility index (Phi) is 5.55. The van der Waals surface area contributed by atoms with Gasteiger partial charge in [0, 0.05) is 0 Å². The lowest BCUT2D eigenvalue weighted by molar-refractivity contribution is -0.145. The fourth-order valence-corrected chi connectivity index (χ4v) is 1.62. The van der Waals surface area contributed by atoms with E-state index in [0.717, 1.165) is 0 Å². The van der Waals surface area contributed by atoms with E-state index >= 15 is 0 Å². The molecule has 0 unspecified atom stereocenters. The van der Waals surface area contributed by atoms with Crippen LogP contribution in [-0.4, -0.2) is 19.0 Å². The van der Waals surface area contributed by atoms with Crippen molar-refractivity contribution in [3.05, 3.63) is 35.9 Å². The number of rotatable bonds is 5. The molecule has 0 fully saturated rings. The van der Waals surface area contributed by atoms with Crippen LogP contribution in [0.2, 0.25) is 0 Å². The van der Waals surface area contributed by atoms with Gasteiger partial charge < -0.3 is 10.1 Å². The van der Waals surface area contributed by atoms with E-state index in [1.807, 2.05) is 12.1 Å². The fourth-order valence-electron chi connectivity index (χ4n) is 1.62. The molecule has 1 rings (SSSR count). The third-order valence-electron chi connectivity index (χ3n) is 2.74. The highest BCUT2D eigenvalue weighted by atomic mass is 16.5. The maximum Gasteiger partial charge on any atom is 0.333 e. The molecule has 0 saturated carbocycles. The van der Waals surface area contributed by atoms with Gasteiger partial charge in [-0.15, -0.1) is 0 Å². The summed E-state index contributed by atoms with van der Waals surface area (Å²) in [6.07, 6.45) is 0.394. The van der Waals surface area contributed by atoms with Crippen molar-refractivity contribution in [2.45, 2.75) is 19.4 Å². The zero-order valence-electron chi connectivity index (χ0n) is 10.9. The van der Waals surface area contributed by atoms with Gasteiger partial charge in [0.15, 0.2) is 6.04 Å². The first kappa shape index (κ1) is 14.7. The molecule has 0 spiro atoms. The molecule has 1 aromatic rings. The summed E-state index contributed by atoms with van der Waals surface area (Å²) in [4.78, 5) is 23.6. The number of nitrogens with one attached hydrogen (secondary N) is 1. The number of nitriles is 1. The van der Waals surface area contributed by atoms with Crippen LogP contribution >= 0.6 is 0 Å². The fraction of sp³-hybridized carbons (Fsp3) is 0.357. The largest absolute Gasteiger partial charge is 0.467 e. The lowest BCUT2D eigenvalue weighted by Gasteiger charge is -2.18. The second-order valence-corrected chi connectivity index (χ2v) is 3.97. The maximum atomic E-state index is 11.9. The zero-order chi connectivity index (χ0) is 14.3. The summed E-state index contributed by atoms with van der Waals surface area (Å²) in [6.45, 7) is 1.74. The second-order valence-electron chi connectivity index (χ2n) is 3.97. The number of ether oxygens (including phenoxy) is 1. The SMILES string of the molecule is CC[C@H](C#N)C(=O)N[C@@H](C(=O)OC)c1ccccc1. The third-order valence-corrected chi connectivity index (χ3v) is 2.74. The summed E-state index contributed by atoms with van der Waals surface area (Å²) in [6, 6.07) is 9.78. The monoisotopic (exact) mass is 260 g/mol. The van der Waals surface area contributed by atoms with E-state index in [2.05, 4.69) is 10.1 Å². The van der Waals surface area contributed by atoms with Crippen LogP contribution < -0.4 is 5.32 Å². The molecule has 0 aliphatic carbocycles. The third kappa shape index (κ3) is 3.81. The lowest BCUT2D eigenvalue weighted by Crippen LogP contribution is -2.37. The van der Waals surface area contributed by atoms with Gasteiger partial charge in [-0.25, -0.2) is 4.79 Å². The molecule has 19 heavy (non-hydrogen) atoms. The molecule has 0 aliphatic heterocycles. The molecule has 5 heteroatoms. The average Bonchev–Trinajstić information content (AvgIpc) is 2.46. The quantitative estimate of drug-likeness (QED) is 0.815. The lowest BCUT2D eigenvalue weighted by atomic mass is 10.0. The highest BCUT2D eigenvalue weighted by Crippen LogP contribution is 2.15. The number of hydrogen-bond acceptors (Lipinski definition) is 4. The van der Waals surface area contributed by atoms with Gasteiger partial charge in [0.1, 0.15) is 5.92 Å². The average molecular weight is 260 g/mol. The van der Waals surface area contributed by atoms with Crippen molar-refractivity contribution < 1.29 is 14.3 Å². The van der Waals surface area contributed by atoms with Crippen molar-refractivity contribution in [1.29, 1.82) is 5.26 Å². The number of benzene rings is 1. The van der Waals surface area contributed by atoms with Crippen molar-refractivity contribution in [3.8, 4) is 6.07 Å². The maximum absolute atomic E-state index is 11.9. The van der Waals surface area contributed by atoms with Gasteiger partial charge in [-0.1, -0.05) is 37.3 Å². The molecule has 1 N–H and O–H groups in total. The van der Waals surface area contributed by atoms with Gasteiger partial charge >= 0.3 is 5.97 Å². The predicted molar refractivity (Wildman–Crippen MR) is 68.7 cm³/mol. The molecule has 0 saturated heterocycles. The molecule has 5 nitrogen and oxygen atoms in total. The van der Waals surface area contributed by atoms with E-state index < -0.39 is 23.8 Å². The van der Waals surface area contributed by atoms with Crippen molar-refractivity contribution in [3.63, 3.8) is 0 Å². The Morgan fingerprint density at radius 2 is 2.00 bits per heavy atom. The van der Waals surface area contributed by atoms with Crippen LogP contribution in [0.15, 0.2) is 30.3 Å². The Morgan fingerprint density at radius 1 is 1.37 bits per heavy atom. The molecule has 1 aromatic carbocycles. The Labute approximate surface area is 112 Å². The van der Waals surface area contributed by atoms with E-state index in [4.69, 9.17) is 5.26 Å². The first-order chi connectivity index (χ1) is 9.13. The van der Waals surface area contributed by atoms with Crippen LogP contribution in [0.1, 0.15) is 24.9 Å². The van der Waals surface area contributed by atoms with Gasteiger partial charge in [0.2, 0.25) is 5.91 Å². The van der Waals surface area contributed by atoms with Crippen molar-refractivity contribution >= 4 is 11.9 Å². The minimum atomic E-state index is -0.888. The van der Waals surface area contributed by atoms with Gasteiger partial charge in [0.05, 0.1) is 13.2 Å². The molecule has 0 bridgehead atoms. The molecule has 0 heterocycles.